The van der Waals surface area contributed by atoms with E-state index in [1.807, 2.05) is 21.0 Å². The van der Waals surface area contributed by atoms with E-state index in [9.17, 15) is 0 Å². The van der Waals surface area contributed by atoms with Crippen LogP contribution >= 0.6 is 0 Å². The molecule has 0 aliphatic carbocycles. The predicted molar refractivity (Wildman–Crippen MR) is 53.4 cm³/mol. The third-order valence-electron chi connectivity index (χ3n) is 1.69. The Morgan fingerprint density at radius 1 is 1.43 bits per heavy atom. The molecule has 0 radical (unpaired) electrons. The van der Waals surface area contributed by atoms with Crippen LogP contribution in [0.3, 0.4) is 0 Å². The Hall–Kier alpha value is -1.72. The molecular weight excluding hydrogens is 180 g/mol. The van der Waals surface area contributed by atoms with E-state index in [1.165, 1.54) is 6.33 Å². The second-order valence-electron chi connectivity index (χ2n) is 3.07. The Bertz CT molecular complexity index is 333. The van der Waals surface area contributed by atoms with Gasteiger partial charge in [0.15, 0.2) is 0 Å². The quantitative estimate of drug-likeness (QED) is 0.570. The third-order valence-corrected chi connectivity index (χ3v) is 1.69. The molecule has 76 valence electrons. The van der Waals surface area contributed by atoms with E-state index in [-0.39, 0.29) is 0 Å². The van der Waals surface area contributed by atoms with Gasteiger partial charge in [0.05, 0.1) is 5.69 Å². The number of nitrogens with zero attached hydrogens (tertiary/aromatic N) is 5. The van der Waals surface area contributed by atoms with Crippen LogP contribution in [-0.4, -0.2) is 29.1 Å². The maximum Gasteiger partial charge on any atom is 0.130 e. The molecule has 0 aromatic carbocycles. The molecule has 0 aliphatic heterocycles. The van der Waals surface area contributed by atoms with Crippen molar-refractivity contribution in [3.05, 3.63) is 17.6 Å². The standard InChI is InChI=1S/C8H14N6/c1-6-7(4-12-13-14(2)3)10-5-11-8(6)9/h5H,4H2,1-3H3,(H2,9,10,11)/b13-12-. The summed E-state index contributed by atoms with van der Waals surface area (Å²) in [5.41, 5.74) is 7.29. The van der Waals surface area contributed by atoms with Crippen molar-refractivity contribution in [3.8, 4) is 0 Å². The van der Waals surface area contributed by atoms with E-state index in [0.29, 0.717) is 12.4 Å². The molecule has 1 rings (SSSR count). The second-order valence-corrected chi connectivity index (χ2v) is 3.07. The molecule has 0 atom stereocenters. The van der Waals surface area contributed by atoms with Crippen LogP contribution in [0.25, 0.3) is 0 Å². The third kappa shape index (κ3) is 2.65. The van der Waals surface area contributed by atoms with Gasteiger partial charge in [0.2, 0.25) is 0 Å². The summed E-state index contributed by atoms with van der Waals surface area (Å²) in [4.78, 5) is 7.94. The Labute approximate surface area is 82.8 Å². The lowest BCUT2D eigenvalue weighted by Gasteiger charge is -2.03. The lowest BCUT2D eigenvalue weighted by molar-refractivity contribution is 0.397. The number of hydrogen-bond acceptors (Lipinski definition) is 5. The van der Waals surface area contributed by atoms with Gasteiger partial charge in [-0.15, -0.1) is 0 Å². The van der Waals surface area contributed by atoms with Crippen LogP contribution in [0.15, 0.2) is 16.7 Å². The summed E-state index contributed by atoms with van der Waals surface area (Å²) in [6.07, 6.45) is 1.43. The lowest BCUT2D eigenvalue weighted by Crippen LogP contribution is -2.02. The average Bonchev–Trinajstić information content (AvgIpc) is 2.12. The van der Waals surface area contributed by atoms with Crippen molar-refractivity contribution in [3.63, 3.8) is 0 Å². The van der Waals surface area contributed by atoms with Crippen molar-refractivity contribution in [2.45, 2.75) is 13.5 Å². The minimum absolute atomic E-state index is 0.427. The Morgan fingerprint density at radius 2 is 2.14 bits per heavy atom. The van der Waals surface area contributed by atoms with E-state index >= 15 is 0 Å². The van der Waals surface area contributed by atoms with Crippen LogP contribution in [0.5, 0.6) is 0 Å². The second kappa shape index (κ2) is 4.50. The van der Waals surface area contributed by atoms with Gasteiger partial charge in [-0.2, -0.15) is 5.11 Å². The zero-order valence-electron chi connectivity index (χ0n) is 8.60. The SMILES string of the molecule is Cc1c(N)ncnc1C/N=N\N(C)C. The van der Waals surface area contributed by atoms with Gasteiger partial charge in [-0.05, 0) is 6.92 Å². The zero-order chi connectivity index (χ0) is 10.6. The van der Waals surface area contributed by atoms with Crippen molar-refractivity contribution in [2.24, 2.45) is 10.3 Å². The first kappa shape index (κ1) is 10.4. The Morgan fingerprint density at radius 3 is 2.79 bits per heavy atom. The molecule has 14 heavy (non-hydrogen) atoms. The molecular formula is C8H14N6. The normalized spacial score (nSPS) is 10.8. The van der Waals surface area contributed by atoms with Crippen molar-refractivity contribution < 1.29 is 0 Å². The molecule has 0 saturated carbocycles. The van der Waals surface area contributed by atoms with Crippen LogP contribution < -0.4 is 5.73 Å². The molecule has 0 aliphatic rings. The molecule has 0 saturated heterocycles. The van der Waals surface area contributed by atoms with E-state index in [4.69, 9.17) is 5.73 Å². The van der Waals surface area contributed by atoms with Crippen molar-refractivity contribution in [1.29, 1.82) is 0 Å². The molecule has 1 heterocycles. The van der Waals surface area contributed by atoms with E-state index in [1.54, 1.807) is 5.01 Å². The van der Waals surface area contributed by atoms with Gasteiger partial charge in [0, 0.05) is 19.7 Å². The monoisotopic (exact) mass is 194 g/mol. The molecule has 0 fully saturated rings. The smallest absolute Gasteiger partial charge is 0.130 e. The van der Waals surface area contributed by atoms with Gasteiger partial charge in [0.25, 0.3) is 0 Å². The highest BCUT2D eigenvalue weighted by molar-refractivity contribution is 5.39. The van der Waals surface area contributed by atoms with Crippen LogP contribution in [-0.2, 0) is 6.54 Å². The maximum absolute atomic E-state index is 5.62. The molecule has 0 unspecified atom stereocenters. The van der Waals surface area contributed by atoms with Gasteiger partial charge in [-0.1, -0.05) is 5.22 Å². The van der Waals surface area contributed by atoms with Crippen LogP contribution in [0.1, 0.15) is 11.3 Å². The molecule has 0 spiro atoms. The van der Waals surface area contributed by atoms with E-state index < -0.39 is 0 Å². The number of hydrogen-bond donors (Lipinski definition) is 1. The number of anilines is 1. The van der Waals surface area contributed by atoms with Gasteiger partial charge in [-0.3, -0.25) is 5.01 Å². The van der Waals surface area contributed by atoms with E-state index in [0.717, 1.165) is 11.3 Å². The Balaban J connectivity index is 2.72. The molecule has 6 heteroatoms. The predicted octanol–water partition coefficient (Wildman–Crippen LogP) is 0.796. The fourth-order valence-corrected chi connectivity index (χ4v) is 0.887. The van der Waals surface area contributed by atoms with Crippen LogP contribution in [0.4, 0.5) is 5.82 Å². The summed E-state index contributed by atoms with van der Waals surface area (Å²) in [6.45, 7) is 2.30. The van der Waals surface area contributed by atoms with Gasteiger partial charge >= 0.3 is 0 Å². The summed E-state index contributed by atoms with van der Waals surface area (Å²) in [7, 11) is 3.62. The first-order valence-electron chi connectivity index (χ1n) is 4.22. The van der Waals surface area contributed by atoms with Gasteiger partial charge in [-0.25, -0.2) is 9.97 Å². The highest BCUT2D eigenvalue weighted by Gasteiger charge is 2.02. The highest BCUT2D eigenvalue weighted by Crippen LogP contribution is 2.10. The fourth-order valence-electron chi connectivity index (χ4n) is 0.887. The summed E-state index contributed by atoms with van der Waals surface area (Å²) < 4.78 is 0. The van der Waals surface area contributed by atoms with Crippen LogP contribution in [0.2, 0.25) is 0 Å². The summed E-state index contributed by atoms with van der Waals surface area (Å²) >= 11 is 0. The highest BCUT2D eigenvalue weighted by atomic mass is 15.5. The first-order chi connectivity index (χ1) is 6.61. The minimum Gasteiger partial charge on any atom is -0.383 e. The number of rotatable bonds is 3. The fraction of sp³-hybridized carbons (Fsp3) is 0.500. The summed E-state index contributed by atoms with van der Waals surface area (Å²) in [6, 6.07) is 0. The van der Waals surface area contributed by atoms with Crippen molar-refractivity contribution in [2.75, 3.05) is 19.8 Å². The molecule has 2 N–H and O–H groups in total. The van der Waals surface area contributed by atoms with Gasteiger partial charge < -0.3 is 5.73 Å². The lowest BCUT2D eigenvalue weighted by atomic mass is 10.2. The molecule has 6 nitrogen and oxygen atoms in total. The zero-order valence-corrected chi connectivity index (χ0v) is 8.60. The topological polar surface area (TPSA) is 79.8 Å². The number of aromatic nitrogens is 2. The van der Waals surface area contributed by atoms with Gasteiger partial charge in [0.1, 0.15) is 18.7 Å². The van der Waals surface area contributed by atoms with Crippen LogP contribution in [0, 0.1) is 6.92 Å². The number of nitrogens with two attached hydrogens (primary N) is 1. The van der Waals surface area contributed by atoms with Crippen molar-refractivity contribution >= 4 is 5.82 Å². The maximum atomic E-state index is 5.62. The first-order valence-corrected chi connectivity index (χ1v) is 4.22. The summed E-state index contributed by atoms with van der Waals surface area (Å²) in [5, 5.41) is 9.42. The average molecular weight is 194 g/mol. The Kier molecular flexibility index (Phi) is 3.33. The molecule has 1 aromatic heterocycles. The largest absolute Gasteiger partial charge is 0.383 e. The number of nitrogen functional groups attached to an aromatic ring is 1. The van der Waals surface area contributed by atoms with E-state index in [2.05, 4.69) is 20.3 Å². The molecule has 1 aromatic rings. The molecule has 0 bridgehead atoms. The minimum atomic E-state index is 0.427. The molecule has 0 amide bonds. The summed E-state index contributed by atoms with van der Waals surface area (Å²) in [5.74, 6) is 0.495. The van der Waals surface area contributed by atoms with Crippen molar-refractivity contribution in [1.82, 2.24) is 15.0 Å².